The Labute approximate surface area is 129 Å². The second-order valence-corrected chi connectivity index (χ2v) is 4.95. The van der Waals surface area contributed by atoms with Crippen molar-refractivity contribution in [3.05, 3.63) is 54.1 Å². The Morgan fingerprint density at radius 1 is 1.14 bits per heavy atom. The van der Waals surface area contributed by atoms with E-state index in [0.717, 1.165) is 29.2 Å². The Balaban J connectivity index is 1.91. The highest BCUT2D eigenvalue weighted by Crippen LogP contribution is 2.22. The first kappa shape index (κ1) is 14.1. The van der Waals surface area contributed by atoms with Crippen molar-refractivity contribution in [2.24, 2.45) is 0 Å². The molecule has 0 bridgehead atoms. The Hall–Kier alpha value is -2.82. The van der Waals surface area contributed by atoms with Crippen LogP contribution in [0.5, 0.6) is 0 Å². The molecule has 1 heterocycles. The van der Waals surface area contributed by atoms with E-state index in [1.54, 1.807) is 19.2 Å². The molecule has 0 aliphatic carbocycles. The summed E-state index contributed by atoms with van der Waals surface area (Å²) in [6, 6.07) is 15.4. The second-order valence-electron chi connectivity index (χ2n) is 4.95. The topological polar surface area (TPSA) is 59.0 Å². The van der Waals surface area contributed by atoms with Crippen LogP contribution in [0.3, 0.4) is 0 Å². The number of hydrogen-bond acceptors (Lipinski definition) is 3. The van der Waals surface area contributed by atoms with Crippen LogP contribution in [0, 0.1) is 0 Å². The molecule has 1 amide bonds. The minimum atomic E-state index is -0.0904. The van der Waals surface area contributed by atoms with Gasteiger partial charge in [-0.3, -0.25) is 4.79 Å². The smallest absolute Gasteiger partial charge is 0.251 e. The normalized spacial score (nSPS) is 10.6. The van der Waals surface area contributed by atoms with Gasteiger partial charge < -0.3 is 15.2 Å². The van der Waals surface area contributed by atoms with Gasteiger partial charge in [-0.2, -0.15) is 0 Å². The van der Waals surface area contributed by atoms with E-state index >= 15 is 0 Å². The number of para-hydroxylation sites is 2. The summed E-state index contributed by atoms with van der Waals surface area (Å²) >= 11 is 0. The molecule has 2 N–H and O–H groups in total. The predicted octanol–water partition coefficient (Wildman–Crippen LogP) is 3.16. The number of aromatic nitrogens is 2. The van der Waals surface area contributed by atoms with E-state index in [1.165, 1.54) is 0 Å². The number of imidazole rings is 1. The van der Waals surface area contributed by atoms with Crippen LogP contribution in [0.2, 0.25) is 0 Å². The third-order valence-corrected chi connectivity index (χ3v) is 3.60. The minimum absolute atomic E-state index is 0.0904. The van der Waals surface area contributed by atoms with Crippen LogP contribution in [0.4, 0.5) is 11.6 Å². The fraction of sp³-hybridized carbons (Fsp3) is 0.176. The number of carbonyl (C=O) groups is 1. The van der Waals surface area contributed by atoms with Gasteiger partial charge in [0.05, 0.1) is 11.0 Å². The van der Waals surface area contributed by atoms with Gasteiger partial charge in [0.2, 0.25) is 5.95 Å². The number of nitrogens with one attached hydrogen (secondary N) is 2. The van der Waals surface area contributed by atoms with E-state index in [-0.39, 0.29) is 5.91 Å². The first-order valence-corrected chi connectivity index (χ1v) is 7.27. The van der Waals surface area contributed by atoms with Crippen LogP contribution >= 0.6 is 0 Å². The Morgan fingerprint density at radius 3 is 2.55 bits per heavy atom. The summed E-state index contributed by atoms with van der Waals surface area (Å²) in [5, 5.41) is 5.93. The molecular weight excluding hydrogens is 276 g/mol. The summed E-state index contributed by atoms with van der Waals surface area (Å²) in [7, 11) is 1.62. The second kappa shape index (κ2) is 5.89. The SMILES string of the molecule is CCn1c(Nc2ccc(C(=O)NC)cc2)nc2ccccc21. The highest BCUT2D eigenvalue weighted by Gasteiger charge is 2.09. The first-order valence-electron chi connectivity index (χ1n) is 7.27. The summed E-state index contributed by atoms with van der Waals surface area (Å²) in [6.07, 6.45) is 0. The molecule has 2 aromatic carbocycles. The molecule has 0 unspecified atom stereocenters. The third kappa shape index (κ3) is 2.53. The van der Waals surface area contributed by atoms with Crippen LogP contribution in [-0.4, -0.2) is 22.5 Å². The molecule has 0 radical (unpaired) electrons. The maximum atomic E-state index is 11.6. The van der Waals surface area contributed by atoms with Gasteiger partial charge in [0, 0.05) is 24.8 Å². The van der Waals surface area contributed by atoms with Crippen molar-refractivity contribution in [2.45, 2.75) is 13.5 Å². The molecule has 3 rings (SSSR count). The maximum Gasteiger partial charge on any atom is 0.251 e. The lowest BCUT2D eigenvalue weighted by molar-refractivity contribution is 0.0963. The molecule has 5 heteroatoms. The third-order valence-electron chi connectivity index (χ3n) is 3.60. The maximum absolute atomic E-state index is 11.6. The summed E-state index contributed by atoms with van der Waals surface area (Å²) in [4.78, 5) is 16.2. The van der Waals surface area contributed by atoms with Gasteiger partial charge in [0.25, 0.3) is 5.91 Å². The molecule has 1 aromatic heterocycles. The van der Waals surface area contributed by atoms with Crippen LogP contribution in [0.1, 0.15) is 17.3 Å². The quantitative estimate of drug-likeness (QED) is 0.777. The van der Waals surface area contributed by atoms with Gasteiger partial charge in [-0.15, -0.1) is 0 Å². The van der Waals surface area contributed by atoms with E-state index in [2.05, 4.69) is 33.2 Å². The largest absolute Gasteiger partial charge is 0.355 e. The standard InChI is InChI=1S/C17H18N4O/c1-3-21-15-7-5-4-6-14(15)20-17(21)19-13-10-8-12(9-11-13)16(22)18-2/h4-11H,3H2,1-2H3,(H,18,22)(H,19,20). The molecule has 3 aromatic rings. The van der Waals surface area contributed by atoms with Crippen molar-refractivity contribution in [1.29, 1.82) is 0 Å². The number of nitrogens with zero attached hydrogens (tertiary/aromatic N) is 2. The molecular formula is C17H18N4O. The van der Waals surface area contributed by atoms with Gasteiger partial charge in [-0.05, 0) is 43.3 Å². The average molecular weight is 294 g/mol. The van der Waals surface area contributed by atoms with Crippen LogP contribution in [-0.2, 0) is 6.54 Å². The van der Waals surface area contributed by atoms with Crippen LogP contribution in [0.15, 0.2) is 48.5 Å². The van der Waals surface area contributed by atoms with E-state index < -0.39 is 0 Å². The number of benzene rings is 2. The zero-order valence-electron chi connectivity index (χ0n) is 12.6. The number of amides is 1. The molecule has 0 aliphatic rings. The van der Waals surface area contributed by atoms with Crippen molar-refractivity contribution in [2.75, 3.05) is 12.4 Å². The molecule has 0 fully saturated rings. The molecule has 22 heavy (non-hydrogen) atoms. The molecule has 0 atom stereocenters. The predicted molar refractivity (Wildman–Crippen MR) is 88.5 cm³/mol. The van der Waals surface area contributed by atoms with Gasteiger partial charge >= 0.3 is 0 Å². The van der Waals surface area contributed by atoms with E-state index in [1.807, 2.05) is 30.3 Å². The molecule has 0 spiro atoms. The van der Waals surface area contributed by atoms with Crippen molar-refractivity contribution in [3.8, 4) is 0 Å². The summed E-state index contributed by atoms with van der Waals surface area (Å²) in [6.45, 7) is 2.92. The minimum Gasteiger partial charge on any atom is -0.355 e. The van der Waals surface area contributed by atoms with Crippen molar-refractivity contribution < 1.29 is 4.79 Å². The summed E-state index contributed by atoms with van der Waals surface area (Å²) in [5.74, 6) is 0.712. The highest BCUT2D eigenvalue weighted by atomic mass is 16.1. The summed E-state index contributed by atoms with van der Waals surface area (Å²) in [5.41, 5.74) is 3.61. The number of carbonyl (C=O) groups excluding carboxylic acids is 1. The first-order chi connectivity index (χ1) is 10.7. The van der Waals surface area contributed by atoms with E-state index in [4.69, 9.17) is 0 Å². The molecule has 0 saturated carbocycles. The lowest BCUT2D eigenvalue weighted by Gasteiger charge is -2.09. The zero-order chi connectivity index (χ0) is 15.5. The number of fused-ring (bicyclic) bond motifs is 1. The number of hydrogen-bond donors (Lipinski definition) is 2. The van der Waals surface area contributed by atoms with Crippen LogP contribution < -0.4 is 10.6 Å². The molecule has 0 aliphatic heterocycles. The zero-order valence-corrected chi connectivity index (χ0v) is 12.6. The lowest BCUT2D eigenvalue weighted by Crippen LogP contribution is -2.17. The van der Waals surface area contributed by atoms with Gasteiger partial charge in [-0.25, -0.2) is 4.98 Å². The summed E-state index contributed by atoms with van der Waals surface area (Å²) < 4.78 is 2.13. The van der Waals surface area contributed by atoms with E-state index in [9.17, 15) is 4.79 Å². The Bertz CT molecular complexity index is 805. The van der Waals surface area contributed by atoms with Crippen LogP contribution in [0.25, 0.3) is 11.0 Å². The number of aryl methyl sites for hydroxylation is 1. The Kier molecular flexibility index (Phi) is 3.78. The van der Waals surface area contributed by atoms with Gasteiger partial charge in [0.1, 0.15) is 0 Å². The molecule has 0 saturated heterocycles. The number of anilines is 2. The lowest BCUT2D eigenvalue weighted by atomic mass is 10.2. The highest BCUT2D eigenvalue weighted by molar-refractivity contribution is 5.94. The fourth-order valence-corrected chi connectivity index (χ4v) is 2.47. The monoisotopic (exact) mass is 294 g/mol. The van der Waals surface area contributed by atoms with Crippen molar-refractivity contribution >= 4 is 28.6 Å². The fourth-order valence-electron chi connectivity index (χ4n) is 2.47. The number of rotatable bonds is 4. The van der Waals surface area contributed by atoms with Gasteiger partial charge in [0.15, 0.2) is 0 Å². The molecule has 5 nitrogen and oxygen atoms in total. The van der Waals surface area contributed by atoms with E-state index in [0.29, 0.717) is 5.56 Å². The Morgan fingerprint density at radius 2 is 1.86 bits per heavy atom. The molecule has 112 valence electrons. The van der Waals surface area contributed by atoms with Crippen molar-refractivity contribution in [1.82, 2.24) is 14.9 Å². The average Bonchev–Trinajstić information content (AvgIpc) is 2.91. The van der Waals surface area contributed by atoms with Gasteiger partial charge in [-0.1, -0.05) is 12.1 Å². The van der Waals surface area contributed by atoms with Crippen molar-refractivity contribution in [3.63, 3.8) is 0 Å².